The first-order chi connectivity index (χ1) is 25.2. The second-order valence-corrected chi connectivity index (χ2v) is 21.9. The van der Waals surface area contributed by atoms with E-state index in [0.29, 0.717) is 0 Å². The lowest BCUT2D eigenvalue weighted by Gasteiger charge is -2.48. The molecule has 2 aliphatic heterocycles. The number of hydrogen-bond acceptors (Lipinski definition) is 12. The predicted molar refractivity (Wildman–Crippen MR) is 218 cm³/mol. The molecular formula is C38H68N6O10S2. The standard InChI is InChI=1S/C38H68N6O10S2/c1-33(2,3)51-29(47)39-25(27(45)43-19-17-41(23-37(43,13)14)31(49)53-35(7,8)9)21-55-56-22-26(40-30(48)52-34(4,5)6)28(46)44-20-18-42(24-38(44,15)16)32(50)54-36(10,11)12/h25-26H,17-24H2,1-16H3,(H,39,47)(H,40,48)/t25-,26-/m0/s1. The summed E-state index contributed by atoms with van der Waals surface area (Å²) in [5.41, 5.74) is -4.58. The number of rotatable bonds is 9. The van der Waals surface area contributed by atoms with Gasteiger partial charge in [-0.15, -0.1) is 0 Å². The number of ether oxygens (including phenoxy) is 4. The molecule has 2 heterocycles. The van der Waals surface area contributed by atoms with E-state index in [2.05, 4.69) is 10.6 Å². The minimum absolute atomic E-state index is 0.0957. The van der Waals surface area contributed by atoms with Gasteiger partial charge in [0.05, 0.1) is 11.1 Å². The van der Waals surface area contributed by atoms with Crippen molar-refractivity contribution < 1.29 is 47.7 Å². The monoisotopic (exact) mass is 832 g/mol. The first-order valence-electron chi connectivity index (χ1n) is 19.0. The maximum absolute atomic E-state index is 14.2. The first kappa shape index (κ1) is 48.9. The normalized spacial score (nSPS) is 18.6. The van der Waals surface area contributed by atoms with E-state index in [1.165, 1.54) is 21.6 Å². The van der Waals surface area contributed by atoms with Crippen LogP contribution in [0.5, 0.6) is 0 Å². The van der Waals surface area contributed by atoms with E-state index in [1.807, 2.05) is 27.7 Å². The Morgan fingerprint density at radius 1 is 0.518 bits per heavy atom. The van der Waals surface area contributed by atoms with Crippen molar-refractivity contribution in [3.8, 4) is 0 Å². The minimum Gasteiger partial charge on any atom is -0.444 e. The molecule has 56 heavy (non-hydrogen) atoms. The number of alkyl carbamates (subject to hydrolysis) is 2. The molecule has 0 saturated carbocycles. The van der Waals surface area contributed by atoms with Gasteiger partial charge in [0.2, 0.25) is 11.8 Å². The third-order valence-electron chi connectivity index (χ3n) is 8.17. The molecular weight excluding hydrogens is 765 g/mol. The van der Waals surface area contributed by atoms with Gasteiger partial charge >= 0.3 is 24.4 Å². The Morgan fingerprint density at radius 3 is 1.05 bits per heavy atom. The largest absolute Gasteiger partial charge is 0.444 e. The van der Waals surface area contributed by atoms with Crippen LogP contribution in [0, 0.1) is 0 Å². The molecule has 2 atom stereocenters. The van der Waals surface area contributed by atoms with Crippen LogP contribution >= 0.6 is 21.6 Å². The third-order valence-corrected chi connectivity index (χ3v) is 10.6. The van der Waals surface area contributed by atoms with Crippen molar-refractivity contribution >= 4 is 57.8 Å². The van der Waals surface area contributed by atoms with E-state index >= 15 is 0 Å². The predicted octanol–water partition coefficient (Wildman–Crippen LogP) is 5.87. The van der Waals surface area contributed by atoms with Gasteiger partial charge in [-0.2, -0.15) is 0 Å². The highest BCUT2D eigenvalue weighted by Gasteiger charge is 2.44. The summed E-state index contributed by atoms with van der Waals surface area (Å²) < 4.78 is 22.1. The quantitative estimate of drug-likeness (QED) is 0.161. The average Bonchev–Trinajstić information content (AvgIpc) is 2.96. The van der Waals surface area contributed by atoms with Gasteiger partial charge in [0.25, 0.3) is 0 Å². The SMILES string of the molecule is CC(C)(C)OC(=O)N[C@@H](CSSC[C@H](NC(=O)OC(C)(C)C)C(=O)N1CCN(C(=O)OC(C)(C)C)CC1(C)C)C(=O)N1CCN(C(=O)OC(C)(C)C)CC1(C)C. The van der Waals surface area contributed by atoms with Gasteiger partial charge in [-0.1, -0.05) is 21.6 Å². The van der Waals surface area contributed by atoms with E-state index in [4.69, 9.17) is 18.9 Å². The fourth-order valence-electron chi connectivity index (χ4n) is 5.95. The second kappa shape index (κ2) is 18.5. The van der Waals surface area contributed by atoms with Gasteiger partial charge in [-0.25, -0.2) is 19.2 Å². The van der Waals surface area contributed by atoms with Crippen molar-refractivity contribution in [1.82, 2.24) is 30.2 Å². The van der Waals surface area contributed by atoms with Gasteiger partial charge in [-0.05, 0) is 111 Å². The molecule has 322 valence electrons. The lowest BCUT2D eigenvalue weighted by atomic mass is 9.98. The highest BCUT2D eigenvalue weighted by Crippen LogP contribution is 2.30. The van der Waals surface area contributed by atoms with Crippen molar-refractivity contribution in [2.24, 2.45) is 0 Å². The number of hydrogen-bond donors (Lipinski definition) is 2. The van der Waals surface area contributed by atoms with Crippen LogP contribution in [0.15, 0.2) is 0 Å². The van der Waals surface area contributed by atoms with E-state index in [0.717, 1.165) is 0 Å². The Labute approximate surface area is 341 Å². The Kier molecular flexibility index (Phi) is 16.2. The van der Waals surface area contributed by atoms with Crippen molar-refractivity contribution in [3.63, 3.8) is 0 Å². The van der Waals surface area contributed by atoms with Gasteiger partial charge in [0, 0.05) is 50.8 Å². The molecule has 0 spiro atoms. The molecule has 18 heteroatoms. The van der Waals surface area contributed by atoms with Crippen LogP contribution < -0.4 is 10.6 Å². The molecule has 16 nitrogen and oxygen atoms in total. The highest BCUT2D eigenvalue weighted by molar-refractivity contribution is 8.76. The number of piperazine rings is 2. The van der Waals surface area contributed by atoms with Crippen LogP contribution in [0.3, 0.4) is 0 Å². The smallest absolute Gasteiger partial charge is 0.410 e. The summed E-state index contributed by atoms with van der Waals surface area (Å²) in [6, 6.07) is -2.05. The second-order valence-electron chi connectivity index (χ2n) is 19.4. The summed E-state index contributed by atoms with van der Waals surface area (Å²) in [5, 5.41) is 5.47. The number of nitrogens with one attached hydrogen (secondary N) is 2. The molecule has 2 aliphatic rings. The summed E-state index contributed by atoms with van der Waals surface area (Å²) in [4.78, 5) is 86.5. The molecule has 0 unspecified atom stereocenters. The topological polar surface area (TPSA) is 176 Å². The Balaban J connectivity index is 2.26. The van der Waals surface area contributed by atoms with Gasteiger partial charge < -0.3 is 49.2 Å². The maximum Gasteiger partial charge on any atom is 0.410 e. The number of amides is 6. The maximum atomic E-state index is 14.2. The molecule has 0 aromatic carbocycles. The number of carbonyl (C=O) groups is 6. The van der Waals surface area contributed by atoms with Crippen LogP contribution in [0.4, 0.5) is 19.2 Å². The van der Waals surface area contributed by atoms with E-state index < -0.39 is 69.9 Å². The van der Waals surface area contributed by atoms with E-state index in [-0.39, 0.29) is 62.6 Å². The van der Waals surface area contributed by atoms with Crippen LogP contribution in [-0.2, 0) is 28.5 Å². The molecule has 6 amide bonds. The summed E-state index contributed by atoms with van der Waals surface area (Å²) in [6.45, 7) is 29.8. The lowest BCUT2D eigenvalue weighted by Crippen LogP contribution is -2.65. The van der Waals surface area contributed by atoms with E-state index in [1.54, 1.807) is 103 Å². The summed E-state index contributed by atoms with van der Waals surface area (Å²) in [5.74, 6) is -0.527. The summed E-state index contributed by atoms with van der Waals surface area (Å²) in [6.07, 6.45) is -2.46. The minimum atomic E-state index is -1.03. The zero-order valence-corrected chi connectivity index (χ0v) is 38.1. The number of carbonyl (C=O) groups excluding carboxylic acids is 6. The van der Waals surface area contributed by atoms with Gasteiger partial charge in [0.15, 0.2) is 0 Å². The summed E-state index contributed by atoms with van der Waals surface area (Å²) in [7, 11) is 2.50. The van der Waals surface area contributed by atoms with E-state index in [9.17, 15) is 28.8 Å². The summed E-state index contributed by atoms with van der Waals surface area (Å²) >= 11 is 0. The van der Waals surface area contributed by atoms with Crippen LogP contribution in [0.25, 0.3) is 0 Å². The van der Waals surface area contributed by atoms with Gasteiger partial charge in [0.1, 0.15) is 34.5 Å². The Morgan fingerprint density at radius 2 is 0.804 bits per heavy atom. The molecule has 0 aliphatic carbocycles. The van der Waals surface area contributed by atoms with Crippen molar-refractivity contribution in [2.75, 3.05) is 50.8 Å². The highest BCUT2D eigenvalue weighted by atomic mass is 33.1. The average molecular weight is 833 g/mol. The van der Waals surface area contributed by atoms with Crippen LogP contribution in [-0.4, -0.2) is 152 Å². The lowest BCUT2D eigenvalue weighted by molar-refractivity contribution is -0.142. The van der Waals surface area contributed by atoms with Crippen LogP contribution in [0.2, 0.25) is 0 Å². The molecule has 0 aromatic heterocycles. The van der Waals surface area contributed by atoms with Crippen molar-refractivity contribution in [3.05, 3.63) is 0 Å². The molecule has 0 bridgehead atoms. The van der Waals surface area contributed by atoms with Crippen LogP contribution in [0.1, 0.15) is 111 Å². The zero-order valence-electron chi connectivity index (χ0n) is 36.5. The molecule has 0 radical (unpaired) electrons. The third kappa shape index (κ3) is 16.3. The fourth-order valence-corrected chi connectivity index (χ4v) is 8.26. The zero-order chi connectivity index (χ0) is 43.2. The number of nitrogens with zero attached hydrogens (tertiary/aromatic N) is 4. The van der Waals surface area contributed by atoms with Crippen molar-refractivity contribution in [2.45, 2.75) is 156 Å². The van der Waals surface area contributed by atoms with Crippen molar-refractivity contribution in [1.29, 1.82) is 0 Å². The molecule has 0 aromatic rings. The van der Waals surface area contributed by atoms with Gasteiger partial charge in [-0.3, -0.25) is 9.59 Å². The molecule has 2 fully saturated rings. The first-order valence-corrected chi connectivity index (χ1v) is 21.5. The Bertz CT molecular complexity index is 1330. The molecule has 2 rings (SSSR count). The fraction of sp³-hybridized carbons (Fsp3) is 0.842. The molecule has 2 N–H and O–H groups in total. The Hall–Kier alpha value is -3.28. The molecule has 2 saturated heterocycles.